The van der Waals surface area contributed by atoms with Gasteiger partial charge < -0.3 is 5.11 Å². The Labute approximate surface area is 124 Å². The van der Waals surface area contributed by atoms with Crippen LogP contribution >= 0.6 is 11.3 Å². The van der Waals surface area contributed by atoms with Crippen LogP contribution in [0.1, 0.15) is 5.56 Å². The number of carbonyl (C=O) groups is 1. The van der Waals surface area contributed by atoms with Gasteiger partial charge in [0.15, 0.2) is 0 Å². The van der Waals surface area contributed by atoms with Gasteiger partial charge in [-0.1, -0.05) is 12.1 Å². The maximum atomic E-state index is 11.4. The molecule has 7 heteroatoms. The fourth-order valence-electron chi connectivity index (χ4n) is 2.26. The first-order valence-electron chi connectivity index (χ1n) is 6.04. The van der Waals surface area contributed by atoms with Crippen molar-refractivity contribution >= 4 is 47.5 Å². The molecule has 3 rings (SSSR count). The second kappa shape index (κ2) is 4.80. The molecule has 21 heavy (non-hydrogen) atoms. The van der Waals surface area contributed by atoms with E-state index in [1.165, 1.54) is 17.4 Å². The van der Waals surface area contributed by atoms with Gasteiger partial charge in [-0.2, -0.15) is 0 Å². The van der Waals surface area contributed by atoms with Gasteiger partial charge in [0.2, 0.25) is 10.0 Å². The molecule has 0 radical (unpaired) electrons. The van der Waals surface area contributed by atoms with Gasteiger partial charge in [-0.15, -0.1) is 11.3 Å². The van der Waals surface area contributed by atoms with Crippen molar-refractivity contribution in [2.24, 2.45) is 5.14 Å². The second-order valence-electron chi connectivity index (χ2n) is 4.71. The fourth-order valence-corrected chi connectivity index (χ4v) is 3.95. The van der Waals surface area contributed by atoms with Gasteiger partial charge in [0.05, 0.1) is 11.3 Å². The molecule has 0 unspecified atom stereocenters. The van der Waals surface area contributed by atoms with Crippen molar-refractivity contribution in [3.8, 4) is 0 Å². The summed E-state index contributed by atoms with van der Waals surface area (Å²) in [6.45, 7) is 0. The van der Waals surface area contributed by atoms with Gasteiger partial charge in [0.1, 0.15) is 0 Å². The van der Waals surface area contributed by atoms with E-state index >= 15 is 0 Å². The number of primary sulfonamides is 1. The number of hydrogen-bond acceptors (Lipinski definition) is 4. The van der Waals surface area contributed by atoms with Crippen molar-refractivity contribution in [2.75, 3.05) is 0 Å². The third-order valence-corrected chi connectivity index (χ3v) is 5.24. The SMILES string of the molecule is NS(=O)(=O)c1ccc2sc3cc(CC(=O)O)ccc3c2c1. The molecule has 1 aromatic heterocycles. The summed E-state index contributed by atoms with van der Waals surface area (Å²) in [6.07, 6.45) is -0.0351. The van der Waals surface area contributed by atoms with E-state index in [1.54, 1.807) is 18.2 Å². The zero-order valence-corrected chi connectivity index (χ0v) is 12.4. The summed E-state index contributed by atoms with van der Waals surface area (Å²) in [5.74, 6) is -0.882. The molecule has 3 N–H and O–H groups in total. The number of carboxylic acid groups (broad SMARTS) is 1. The first-order valence-corrected chi connectivity index (χ1v) is 8.41. The highest BCUT2D eigenvalue weighted by Gasteiger charge is 2.12. The molecule has 1 heterocycles. The van der Waals surface area contributed by atoms with Crippen LogP contribution in [0, 0.1) is 0 Å². The predicted octanol–water partition coefficient (Wildman–Crippen LogP) is 2.33. The zero-order chi connectivity index (χ0) is 15.2. The maximum absolute atomic E-state index is 11.4. The summed E-state index contributed by atoms with van der Waals surface area (Å²) in [7, 11) is -3.74. The van der Waals surface area contributed by atoms with Crippen LogP contribution in [0.2, 0.25) is 0 Å². The standard InChI is InChI=1S/C14H11NO4S2/c15-21(18,19)9-2-4-12-11(7-9)10-3-1-8(6-14(16)17)5-13(10)20-12/h1-5,7H,6H2,(H,16,17)(H2,15,18,19). The molecular formula is C14H11NO4S2. The van der Waals surface area contributed by atoms with Gasteiger partial charge in [0.25, 0.3) is 0 Å². The topological polar surface area (TPSA) is 97.5 Å². The van der Waals surface area contributed by atoms with Crippen LogP contribution in [0.15, 0.2) is 41.3 Å². The predicted molar refractivity (Wildman–Crippen MR) is 82.0 cm³/mol. The van der Waals surface area contributed by atoms with Gasteiger partial charge in [-0.3, -0.25) is 4.79 Å². The quantitative estimate of drug-likeness (QED) is 0.773. The van der Waals surface area contributed by atoms with Crippen LogP contribution in [0.3, 0.4) is 0 Å². The van der Waals surface area contributed by atoms with Crippen LogP contribution in [-0.2, 0) is 21.2 Å². The Morgan fingerprint density at radius 1 is 1.10 bits per heavy atom. The number of carboxylic acids is 1. The van der Waals surface area contributed by atoms with Gasteiger partial charge in [-0.25, -0.2) is 13.6 Å². The fraction of sp³-hybridized carbons (Fsp3) is 0.0714. The van der Waals surface area contributed by atoms with Crippen molar-refractivity contribution in [3.05, 3.63) is 42.0 Å². The highest BCUT2D eigenvalue weighted by Crippen LogP contribution is 2.35. The van der Waals surface area contributed by atoms with E-state index in [4.69, 9.17) is 10.2 Å². The summed E-state index contributed by atoms with van der Waals surface area (Å²) in [5.41, 5.74) is 0.716. The molecular weight excluding hydrogens is 310 g/mol. The lowest BCUT2D eigenvalue weighted by molar-refractivity contribution is -0.136. The summed E-state index contributed by atoms with van der Waals surface area (Å²) >= 11 is 1.49. The summed E-state index contributed by atoms with van der Waals surface area (Å²) in [5, 5.41) is 15.7. The Kier molecular flexibility index (Phi) is 3.20. The Bertz CT molecular complexity index is 973. The van der Waals surface area contributed by atoms with Gasteiger partial charge in [-0.05, 0) is 29.8 Å². The first kappa shape index (κ1) is 14.0. The summed E-state index contributed by atoms with van der Waals surface area (Å²) in [4.78, 5) is 10.8. The number of sulfonamides is 1. The van der Waals surface area contributed by atoms with E-state index in [1.807, 2.05) is 12.1 Å². The van der Waals surface area contributed by atoms with E-state index in [0.717, 1.165) is 20.2 Å². The molecule has 0 saturated heterocycles. The first-order chi connectivity index (χ1) is 9.84. The number of thiophene rings is 1. The third kappa shape index (κ3) is 2.63. The van der Waals surface area contributed by atoms with Crippen LogP contribution in [0.4, 0.5) is 0 Å². The van der Waals surface area contributed by atoms with Crippen molar-refractivity contribution in [1.82, 2.24) is 0 Å². The Hall–Kier alpha value is -1.96. The zero-order valence-electron chi connectivity index (χ0n) is 10.7. The van der Waals surface area contributed by atoms with Crippen LogP contribution < -0.4 is 5.14 Å². The van der Waals surface area contributed by atoms with E-state index in [9.17, 15) is 13.2 Å². The monoisotopic (exact) mass is 321 g/mol. The van der Waals surface area contributed by atoms with Crippen LogP contribution in [0.5, 0.6) is 0 Å². The van der Waals surface area contributed by atoms with Crippen LogP contribution in [-0.4, -0.2) is 19.5 Å². The lowest BCUT2D eigenvalue weighted by atomic mass is 10.1. The van der Waals surface area contributed by atoms with Crippen molar-refractivity contribution < 1.29 is 18.3 Å². The largest absolute Gasteiger partial charge is 0.481 e. The van der Waals surface area contributed by atoms with Crippen molar-refractivity contribution in [3.63, 3.8) is 0 Å². The molecule has 0 spiro atoms. The highest BCUT2D eigenvalue weighted by atomic mass is 32.2. The molecule has 3 aromatic rings. The molecule has 2 aromatic carbocycles. The molecule has 0 aliphatic carbocycles. The Morgan fingerprint density at radius 2 is 1.86 bits per heavy atom. The number of aliphatic carboxylic acids is 1. The minimum absolute atomic E-state index is 0.0351. The minimum Gasteiger partial charge on any atom is -0.481 e. The molecule has 0 saturated carbocycles. The smallest absolute Gasteiger partial charge is 0.307 e. The van der Waals surface area contributed by atoms with E-state index in [0.29, 0.717) is 5.56 Å². The summed E-state index contributed by atoms with van der Waals surface area (Å²) < 4.78 is 24.7. The third-order valence-electron chi connectivity index (χ3n) is 3.19. The van der Waals surface area contributed by atoms with E-state index in [-0.39, 0.29) is 11.3 Å². The molecule has 108 valence electrons. The average Bonchev–Trinajstić information content (AvgIpc) is 2.73. The molecule has 0 fully saturated rings. The molecule has 0 amide bonds. The lowest BCUT2D eigenvalue weighted by Crippen LogP contribution is -2.11. The normalized spacial score (nSPS) is 12.0. The Morgan fingerprint density at radius 3 is 2.52 bits per heavy atom. The molecule has 0 bridgehead atoms. The number of nitrogens with two attached hydrogens (primary N) is 1. The molecule has 0 aliphatic rings. The van der Waals surface area contributed by atoms with Gasteiger partial charge >= 0.3 is 5.97 Å². The van der Waals surface area contributed by atoms with Gasteiger partial charge in [0, 0.05) is 20.2 Å². The maximum Gasteiger partial charge on any atom is 0.307 e. The minimum atomic E-state index is -3.74. The summed E-state index contributed by atoms with van der Waals surface area (Å²) in [6, 6.07) is 10.1. The lowest BCUT2D eigenvalue weighted by Gasteiger charge is -1.99. The number of fused-ring (bicyclic) bond motifs is 3. The van der Waals surface area contributed by atoms with Crippen molar-refractivity contribution in [1.29, 1.82) is 0 Å². The second-order valence-corrected chi connectivity index (χ2v) is 7.35. The van der Waals surface area contributed by atoms with E-state index < -0.39 is 16.0 Å². The Balaban J connectivity index is 2.23. The molecule has 0 aliphatic heterocycles. The van der Waals surface area contributed by atoms with E-state index in [2.05, 4.69) is 0 Å². The average molecular weight is 321 g/mol. The van der Waals surface area contributed by atoms with Crippen molar-refractivity contribution in [2.45, 2.75) is 11.3 Å². The highest BCUT2D eigenvalue weighted by molar-refractivity contribution is 7.89. The van der Waals surface area contributed by atoms with Crippen LogP contribution in [0.25, 0.3) is 20.2 Å². The number of benzene rings is 2. The molecule has 0 atom stereocenters. The number of hydrogen-bond donors (Lipinski definition) is 2. The molecule has 5 nitrogen and oxygen atoms in total. The number of rotatable bonds is 3.